The van der Waals surface area contributed by atoms with Gasteiger partial charge in [0.25, 0.3) is 0 Å². The zero-order valence-electron chi connectivity index (χ0n) is 24.4. The second-order valence-corrected chi connectivity index (χ2v) is 13.1. The molecule has 0 aliphatic carbocycles. The van der Waals surface area contributed by atoms with Gasteiger partial charge in [0.2, 0.25) is 17.7 Å². The first-order valence-electron chi connectivity index (χ1n) is 14.2. The van der Waals surface area contributed by atoms with Crippen LogP contribution >= 0.6 is 0 Å². The van der Waals surface area contributed by atoms with Crippen LogP contribution in [0.4, 0.5) is 5.69 Å². The first-order chi connectivity index (χ1) is 18.2. The first-order valence-corrected chi connectivity index (χ1v) is 14.2. The van der Waals surface area contributed by atoms with Gasteiger partial charge in [-0.25, -0.2) is 0 Å². The van der Waals surface area contributed by atoms with Crippen molar-refractivity contribution in [3.05, 3.63) is 24.3 Å². The number of aliphatic hydroxyl groups is 1. The Balaban J connectivity index is 1.66. The van der Waals surface area contributed by atoms with E-state index < -0.39 is 34.6 Å². The van der Waals surface area contributed by atoms with Crippen molar-refractivity contribution in [2.45, 2.75) is 96.9 Å². The van der Waals surface area contributed by atoms with Crippen molar-refractivity contribution >= 4 is 23.4 Å². The lowest BCUT2D eigenvalue weighted by molar-refractivity contribution is -0.147. The summed E-state index contributed by atoms with van der Waals surface area (Å²) in [6, 6.07) is 6.20. The van der Waals surface area contributed by atoms with Crippen LogP contribution in [0.1, 0.15) is 74.1 Å². The largest absolute Gasteiger partial charge is 0.494 e. The highest BCUT2D eigenvalue weighted by Gasteiger charge is 2.78. The van der Waals surface area contributed by atoms with Crippen molar-refractivity contribution in [3.8, 4) is 5.75 Å². The Morgan fingerprint density at radius 1 is 1.10 bits per heavy atom. The fraction of sp³-hybridized carbons (Fsp3) is 0.700. The van der Waals surface area contributed by atoms with Gasteiger partial charge in [0, 0.05) is 17.8 Å². The molecule has 0 saturated carbocycles. The number of hydrogen-bond acceptors (Lipinski definition) is 6. The molecule has 3 N–H and O–H groups in total. The number of hydrogen-bond donors (Lipinski definition) is 3. The van der Waals surface area contributed by atoms with Gasteiger partial charge >= 0.3 is 0 Å². The van der Waals surface area contributed by atoms with Gasteiger partial charge in [0.05, 0.1) is 30.7 Å². The molecule has 3 fully saturated rings. The molecule has 9 nitrogen and oxygen atoms in total. The summed E-state index contributed by atoms with van der Waals surface area (Å²) in [5.74, 6) is -1.75. The first kappa shape index (κ1) is 29.3. The van der Waals surface area contributed by atoms with Crippen LogP contribution in [0.25, 0.3) is 0 Å². The number of anilines is 1. The number of amides is 3. The third kappa shape index (κ3) is 5.27. The normalized spacial score (nSPS) is 29.9. The summed E-state index contributed by atoms with van der Waals surface area (Å²) >= 11 is 0. The lowest BCUT2D eigenvalue weighted by atomic mass is 9.65. The number of β-amino-alcohol motifs (C(OH)–C–C–N with tert-alkyl or cyclic N) is 1. The maximum absolute atomic E-state index is 14.0. The van der Waals surface area contributed by atoms with Crippen molar-refractivity contribution < 1.29 is 29.0 Å². The lowest BCUT2D eigenvalue weighted by Gasteiger charge is -2.38. The molecule has 5 atom stereocenters. The molecule has 1 aromatic carbocycles. The molecule has 1 aromatic rings. The van der Waals surface area contributed by atoms with Crippen molar-refractivity contribution in [3.63, 3.8) is 0 Å². The maximum atomic E-state index is 14.0. The molecule has 9 heteroatoms. The van der Waals surface area contributed by atoms with Crippen LogP contribution < -0.4 is 15.4 Å². The van der Waals surface area contributed by atoms with Crippen LogP contribution in [-0.2, 0) is 19.1 Å². The SMILES string of the molecule is CCOc1ccc(NC(=O)[C@H]2[C@H]3C(=O)N(CCO)C(C(=O)NC(C)(C)CC(C)(C)C)C34CC[C@]2(CC)O4)cc1. The quantitative estimate of drug-likeness (QED) is 0.416. The van der Waals surface area contributed by atoms with Crippen LogP contribution in [-0.4, -0.2) is 70.3 Å². The number of ether oxygens (including phenoxy) is 2. The molecular formula is C30H45N3O6. The zero-order valence-corrected chi connectivity index (χ0v) is 24.4. The molecule has 3 amide bonds. The van der Waals surface area contributed by atoms with Crippen molar-refractivity contribution in [2.75, 3.05) is 25.1 Å². The highest BCUT2D eigenvalue weighted by molar-refractivity contribution is 6.02. The monoisotopic (exact) mass is 543 g/mol. The minimum absolute atomic E-state index is 0.00455. The molecule has 0 radical (unpaired) electrons. The van der Waals surface area contributed by atoms with Gasteiger partial charge in [-0.2, -0.15) is 0 Å². The van der Waals surface area contributed by atoms with Crippen molar-refractivity contribution in [1.82, 2.24) is 10.2 Å². The molecule has 216 valence electrons. The summed E-state index contributed by atoms with van der Waals surface area (Å²) in [4.78, 5) is 43.2. The highest BCUT2D eigenvalue weighted by atomic mass is 16.5. The summed E-state index contributed by atoms with van der Waals surface area (Å²) in [6.07, 6.45) is 2.36. The number of benzene rings is 1. The van der Waals surface area contributed by atoms with E-state index in [9.17, 15) is 19.5 Å². The Labute approximate surface area is 232 Å². The Bertz CT molecular complexity index is 1100. The molecule has 3 aliphatic rings. The van der Waals surface area contributed by atoms with Gasteiger partial charge in [0.15, 0.2) is 0 Å². The molecule has 39 heavy (non-hydrogen) atoms. The van der Waals surface area contributed by atoms with E-state index in [1.54, 1.807) is 24.3 Å². The number of fused-ring (bicyclic) bond motifs is 1. The Kier molecular flexibility index (Phi) is 7.82. The Hall–Kier alpha value is -2.65. The topological polar surface area (TPSA) is 117 Å². The van der Waals surface area contributed by atoms with Gasteiger partial charge < -0.3 is 30.1 Å². The number of aliphatic hydroxyl groups excluding tert-OH is 1. The minimum Gasteiger partial charge on any atom is -0.494 e. The lowest BCUT2D eigenvalue weighted by Crippen LogP contribution is -2.59. The number of likely N-dealkylation sites (tertiary alicyclic amines) is 1. The molecule has 3 aliphatic heterocycles. The second kappa shape index (κ2) is 10.4. The summed E-state index contributed by atoms with van der Waals surface area (Å²) in [5, 5.41) is 16.0. The van der Waals surface area contributed by atoms with E-state index in [0.29, 0.717) is 37.3 Å². The average Bonchev–Trinajstić information content (AvgIpc) is 3.43. The Morgan fingerprint density at radius 3 is 2.33 bits per heavy atom. The summed E-state index contributed by atoms with van der Waals surface area (Å²) in [7, 11) is 0. The van der Waals surface area contributed by atoms with E-state index in [4.69, 9.17) is 9.47 Å². The third-order valence-electron chi connectivity index (χ3n) is 8.42. The fourth-order valence-corrected chi connectivity index (χ4v) is 7.56. The van der Waals surface area contributed by atoms with E-state index in [-0.39, 0.29) is 36.3 Å². The second-order valence-electron chi connectivity index (χ2n) is 13.1. The number of nitrogens with zero attached hydrogens (tertiary/aromatic N) is 1. The number of carbonyl (C=O) groups excluding carboxylic acids is 3. The van der Waals surface area contributed by atoms with Gasteiger partial charge in [-0.15, -0.1) is 0 Å². The third-order valence-corrected chi connectivity index (χ3v) is 8.42. The molecule has 4 rings (SSSR count). The van der Waals surface area contributed by atoms with E-state index in [0.717, 1.165) is 6.42 Å². The fourth-order valence-electron chi connectivity index (χ4n) is 7.56. The molecule has 3 heterocycles. The molecule has 3 saturated heterocycles. The summed E-state index contributed by atoms with van der Waals surface area (Å²) in [6.45, 7) is 14.4. The minimum atomic E-state index is -1.12. The average molecular weight is 544 g/mol. The molecule has 2 unspecified atom stereocenters. The number of carbonyl (C=O) groups is 3. The van der Waals surface area contributed by atoms with Crippen LogP contribution in [0.2, 0.25) is 0 Å². The van der Waals surface area contributed by atoms with Crippen LogP contribution in [0, 0.1) is 17.3 Å². The van der Waals surface area contributed by atoms with Crippen molar-refractivity contribution in [1.29, 1.82) is 0 Å². The van der Waals surface area contributed by atoms with E-state index in [1.807, 2.05) is 27.7 Å². The van der Waals surface area contributed by atoms with Gasteiger partial charge in [-0.05, 0) is 76.1 Å². The van der Waals surface area contributed by atoms with Gasteiger partial charge in [-0.1, -0.05) is 27.7 Å². The number of rotatable bonds is 10. The smallest absolute Gasteiger partial charge is 0.246 e. The molecule has 2 bridgehead atoms. The zero-order chi connectivity index (χ0) is 28.8. The molecule has 0 aromatic heterocycles. The predicted molar refractivity (Wildman–Crippen MR) is 148 cm³/mol. The maximum Gasteiger partial charge on any atom is 0.246 e. The molecular weight excluding hydrogens is 498 g/mol. The summed E-state index contributed by atoms with van der Waals surface area (Å²) in [5.41, 5.74) is -1.90. The van der Waals surface area contributed by atoms with E-state index >= 15 is 0 Å². The van der Waals surface area contributed by atoms with Crippen LogP contribution in [0.5, 0.6) is 5.75 Å². The molecule has 1 spiro atoms. The van der Waals surface area contributed by atoms with Crippen LogP contribution in [0.3, 0.4) is 0 Å². The van der Waals surface area contributed by atoms with Gasteiger partial charge in [0.1, 0.15) is 17.4 Å². The highest BCUT2D eigenvalue weighted by Crippen LogP contribution is 2.64. The standard InChI is InChI=1S/C30H45N3O6/c1-8-29-14-15-30(39-29)22(21(29)24(35)31-19-10-12-20(13-11-19)38-9-2)26(37)33(16-17-34)23(30)25(36)32-28(6,7)18-27(3,4)5/h10-13,21-23,34H,8-9,14-18H2,1-7H3,(H,31,35)(H,32,36)/t21-,22+,23?,29+,30?/m1/s1. The van der Waals surface area contributed by atoms with E-state index in [2.05, 4.69) is 31.4 Å². The number of nitrogens with one attached hydrogen (secondary N) is 2. The van der Waals surface area contributed by atoms with E-state index in [1.165, 1.54) is 4.90 Å². The predicted octanol–water partition coefficient (Wildman–Crippen LogP) is 3.50. The summed E-state index contributed by atoms with van der Waals surface area (Å²) < 4.78 is 12.3. The van der Waals surface area contributed by atoms with Gasteiger partial charge in [-0.3, -0.25) is 14.4 Å². The Morgan fingerprint density at radius 2 is 1.77 bits per heavy atom. The van der Waals surface area contributed by atoms with Crippen LogP contribution in [0.15, 0.2) is 24.3 Å². The van der Waals surface area contributed by atoms with Crippen molar-refractivity contribution in [2.24, 2.45) is 17.3 Å².